The van der Waals surface area contributed by atoms with E-state index in [1.165, 1.54) is 6.07 Å². The van der Waals surface area contributed by atoms with E-state index in [4.69, 9.17) is 14.2 Å². The lowest BCUT2D eigenvalue weighted by atomic mass is 10.1. The normalized spacial score (nSPS) is 10.2. The standard InChI is InChI=1S/C11H14F2O3/c1-14-3-2-9-4-10(15-7-12)6-11(5-9)16-8-13/h4-6H,2-3,7-8H2,1H3. The summed E-state index contributed by atoms with van der Waals surface area (Å²) in [5, 5.41) is 0. The van der Waals surface area contributed by atoms with E-state index in [9.17, 15) is 8.78 Å². The first kappa shape index (κ1) is 12.7. The van der Waals surface area contributed by atoms with Gasteiger partial charge in [-0.05, 0) is 24.1 Å². The molecule has 0 amide bonds. The van der Waals surface area contributed by atoms with Crippen LogP contribution in [0.15, 0.2) is 18.2 Å². The monoisotopic (exact) mass is 232 g/mol. The third-order valence-corrected chi connectivity index (χ3v) is 1.98. The lowest BCUT2D eigenvalue weighted by Crippen LogP contribution is -1.99. The summed E-state index contributed by atoms with van der Waals surface area (Å²) in [6.45, 7) is -1.33. The average molecular weight is 232 g/mol. The summed E-state index contributed by atoms with van der Waals surface area (Å²) in [6, 6.07) is 4.78. The van der Waals surface area contributed by atoms with Gasteiger partial charge < -0.3 is 14.2 Å². The number of ether oxygens (including phenoxy) is 3. The minimum absolute atomic E-state index is 0.319. The molecule has 0 unspecified atom stereocenters. The molecule has 0 aliphatic heterocycles. The summed E-state index contributed by atoms with van der Waals surface area (Å²) in [5.41, 5.74) is 0.844. The molecular formula is C11H14F2O3. The molecule has 1 aromatic carbocycles. The number of methoxy groups -OCH3 is 1. The van der Waals surface area contributed by atoms with Gasteiger partial charge in [0.05, 0.1) is 6.61 Å². The van der Waals surface area contributed by atoms with Gasteiger partial charge in [-0.15, -0.1) is 0 Å². The van der Waals surface area contributed by atoms with Crippen LogP contribution in [0, 0.1) is 0 Å². The smallest absolute Gasteiger partial charge is 0.228 e. The molecule has 0 radical (unpaired) electrons. The van der Waals surface area contributed by atoms with Crippen LogP contribution in [-0.4, -0.2) is 27.4 Å². The van der Waals surface area contributed by atoms with Crippen LogP contribution in [0.3, 0.4) is 0 Å². The molecule has 0 bridgehead atoms. The zero-order chi connectivity index (χ0) is 11.8. The SMILES string of the molecule is COCCc1cc(OCF)cc(OCF)c1. The van der Waals surface area contributed by atoms with Gasteiger partial charge in [0.2, 0.25) is 13.7 Å². The number of benzene rings is 1. The molecule has 3 nitrogen and oxygen atoms in total. The molecule has 1 aromatic rings. The molecule has 0 spiro atoms. The van der Waals surface area contributed by atoms with Gasteiger partial charge in [-0.2, -0.15) is 0 Å². The van der Waals surface area contributed by atoms with Crippen LogP contribution >= 0.6 is 0 Å². The molecule has 0 saturated heterocycles. The van der Waals surface area contributed by atoms with Crippen molar-refractivity contribution >= 4 is 0 Å². The number of hydrogen-bond donors (Lipinski definition) is 0. The minimum Gasteiger partial charge on any atom is -0.463 e. The van der Waals surface area contributed by atoms with Crippen molar-refractivity contribution < 1.29 is 23.0 Å². The maximum absolute atomic E-state index is 12.0. The third kappa shape index (κ3) is 4.02. The topological polar surface area (TPSA) is 27.7 Å². The van der Waals surface area contributed by atoms with Gasteiger partial charge in [0.25, 0.3) is 0 Å². The van der Waals surface area contributed by atoms with Crippen molar-refractivity contribution in [2.24, 2.45) is 0 Å². The molecule has 0 N–H and O–H groups in total. The highest BCUT2D eigenvalue weighted by atomic mass is 19.1. The highest BCUT2D eigenvalue weighted by Crippen LogP contribution is 2.23. The maximum atomic E-state index is 12.0. The van der Waals surface area contributed by atoms with Crippen LogP contribution in [0.1, 0.15) is 5.56 Å². The Hall–Kier alpha value is -1.36. The van der Waals surface area contributed by atoms with Gasteiger partial charge in [0.15, 0.2) is 0 Å². The van der Waals surface area contributed by atoms with Crippen molar-refractivity contribution in [2.75, 3.05) is 27.4 Å². The molecule has 0 saturated carbocycles. The second-order valence-electron chi connectivity index (χ2n) is 3.06. The van der Waals surface area contributed by atoms with E-state index in [1.54, 1.807) is 19.2 Å². The van der Waals surface area contributed by atoms with Crippen molar-refractivity contribution in [3.05, 3.63) is 23.8 Å². The largest absolute Gasteiger partial charge is 0.463 e. The van der Waals surface area contributed by atoms with Gasteiger partial charge >= 0.3 is 0 Å². The number of halogens is 2. The molecule has 0 aliphatic rings. The van der Waals surface area contributed by atoms with Gasteiger partial charge in [0, 0.05) is 13.2 Å². The zero-order valence-corrected chi connectivity index (χ0v) is 9.04. The molecule has 90 valence electrons. The molecule has 0 aromatic heterocycles. The van der Waals surface area contributed by atoms with Crippen LogP contribution in [0.2, 0.25) is 0 Å². The van der Waals surface area contributed by atoms with Crippen molar-refractivity contribution in [1.82, 2.24) is 0 Å². The number of hydrogen-bond acceptors (Lipinski definition) is 3. The Morgan fingerprint density at radius 1 is 1.00 bits per heavy atom. The first-order valence-corrected chi connectivity index (χ1v) is 4.80. The van der Waals surface area contributed by atoms with Crippen molar-refractivity contribution in [1.29, 1.82) is 0 Å². The molecule has 16 heavy (non-hydrogen) atoms. The maximum Gasteiger partial charge on any atom is 0.228 e. The summed E-state index contributed by atoms with van der Waals surface area (Å²) in [5.74, 6) is 0.638. The molecule has 5 heteroatoms. The highest BCUT2D eigenvalue weighted by Gasteiger charge is 2.03. The van der Waals surface area contributed by atoms with Crippen LogP contribution < -0.4 is 9.47 Å². The van der Waals surface area contributed by atoms with E-state index < -0.39 is 13.7 Å². The van der Waals surface area contributed by atoms with E-state index in [-0.39, 0.29) is 0 Å². The Bertz CT molecular complexity index is 294. The number of rotatable bonds is 7. The second-order valence-corrected chi connectivity index (χ2v) is 3.06. The zero-order valence-electron chi connectivity index (χ0n) is 9.04. The highest BCUT2D eigenvalue weighted by molar-refractivity contribution is 5.38. The van der Waals surface area contributed by atoms with Crippen molar-refractivity contribution in [2.45, 2.75) is 6.42 Å². The molecule has 0 heterocycles. The summed E-state index contributed by atoms with van der Waals surface area (Å²) < 4.78 is 38.4. The Morgan fingerprint density at radius 3 is 2.00 bits per heavy atom. The van der Waals surface area contributed by atoms with E-state index in [0.29, 0.717) is 24.5 Å². The third-order valence-electron chi connectivity index (χ3n) is 1.98. The fraction of sp³-hybridized carbons (Fsp3) is 0.455. The van der Waals surface area contributed by atoms with Crippen LogP contribution in [-0.2, 0) is 11.2 Å². The summed E-state index contributed by atoms with van der Waals surface area (Å²) >= 11 is 0. The Balaban J connectivity index is 2.80. The minimum atomic E-state index is -0.928. The molecule has 0 atom stereocenters. The second kappa shape index (κ2) is 7.00. The van der Waals surface area contributed by atoms with E-state index in [1.807, 2.05) is 0 Å². The van der Waals surface area contributed by atoms with Crippen molar-refractivity contribution in [3.8, 4) is 11.5 Å². The molecule has 1 rings (SSSR count). The Labute approximate surface area is 92.9 Å². The number of alkyl halides is 2. The molecule has 0 aliphatic carbocycles. The van der Waals surface area contributed by atoms with Crippen LogP contribution in [0.25, 0.3) is 0 Å². The van der Waals surface area contributed by atoms with Crippen LogP contribution in [0.4, 0.5) is 8.78 Å². The van der Waals surface area contributed by atoms with E-state index in [2.05, 4.69) is 0 Å². The first-order valence-electron chi connectivity index (χ1n) is 4.80. The lowest BCUT2D eigenvalue weighted by Gasteiger charge is -2.09. The summed E-state index contributed by atoms with van der Waals surface area (Å²) in [7, 11) is 1.58. The quantitative estimate of drug-likeness (QED) is 0.722. The van der Waals surface area contributed by atoms with Gasteiger partial charge in [-0.3, -0.25) is 0 Å². The Kier molecular flexibility index (Phi) is 5.56. The van der Waals surface area contributed by atoms with Gasteiger partial charge in [-0.1, -0.05) is 0 Å². The van der Waals surface area contributed by atoms with Crippen LogP contribution in [0.5, 0.6) is 11.5 Å². The van der Waals surface area contributed by atoms with E-state index >= 15 is 0 Å². The Morgan fingerprint density at radius 2 is 1.56 bits per heavy atom. The predicted molar refractivity (Wildman–Crippen MR) is 55.2 cm³/mol. The van der Waals surface area contributed by atoms with Crippen molar-refractivity contribution in [3.63, 3.8) is 0 Å². The predicted octanol–water partition coefficient (Wildman–Crippen LogP) is 2.49. The van der Waals surface area contributed by atoms with Gasteiger partial charge in [-0.25, -0.2) is 8.78 Å². The molecular weight excluding hydrogens is 218 g/mol. The van der Waals surface area contributed by atoms with E-state index in [0.717, 1.165) is 5.56 Å². The average Bonchev–Trinajstić information content (AvgIpc) is 2.27. The fourth-order valence-electron chi connectivity index (χ4n) is 1.29. The summed E-state index contributed by atoms with van der Waals surface area (Å²) in [6.07, 6.45) is 0.628. The lowest BCUT2D eigenvalue weighted by molar-refractivity contribution is 0.181. The fourth-order valence-corrected chi connectivity index (χ4v) is 1.29. The molecule has 0 fully saturated rings. The summed E-state index contributed by atoms with van der Waals surface area (Å²) in [4.78, 5) is 0. The van der Waals surface area contributed by atoms with Gasteiger partial charge in [0.1, 0.15) is 11.5 Å². The first-order chi connectivity index (χ1) is 7.80.